The van der Waals surface area contributed by atoms with Gasteiger partial charge in [-0.1, -0.05) is 28.9 Å². The van der Waals surface area contributed by atoms with Crippen LogP contribution in [0.2, 0.25) is 5.02 Å². The molecule has 1 saturated heterocycles. The molecule has 0 N–H and O–H groups in total. The Hall–Kier alpha value is -1.72. The highest BCUT2D eigenvalue weighted by Gasteiger charge is 2.29. The number of nitrogens with zero attached hydrogens (tertiary/aromatic N) is 2. The lowest BCUT2D eigenvalue weighted by Gasteiger charge is -2.17. The maximum Gasteiger partial charge on any atom is 0.239 e. The molecule has 0 saturated carbocycles. The lowest BCUT2D eigenvalue weighted by Crippen LogP contribution is -2.25. The molecule has 1 atom stereocenters. The lowest BCUT2D eigenvalue weighted by molar-refractivity contribution is -0.127. The van der Waals surface area contributed by atoms with Crippen molar-refractivity contribution in [2.24, 2.45) is 0 Å². The Labute approximate surface area is 120 Å². The van der Waals surface area contributed by atoms with E-state index in [1.165, 1.54) is 0 Å². The van der Waals surface area contributed by atoms with Crippen LogP contribution in [0.5, 0.6) is 0 Å². The van der Waals surface area contributed by atoms with Crippen molar-refractivity contribution in [3.63, 3.8) is 0 Å². The molecule has 1 aromatic heterocycles. The lowest BCUT2D eigenvalue weighted by atomic mass is 10.0. The summed E-state index contributed by atoms with van der Waals surface area (Å²) in [4.78, 5) is 16.1. The van der Waals surface area contributed by atoms with E-state index in [1.54, 1.807) is 0 Å². The first-order valence-corrected chi connectivity index (χ1v) is 6.77. The summed E-state index contributed by atoms with van der Waals surface area (Å²) in [5, 5.41) is 4.58. The molecule has 0 spiro atoms. The zero-order chi connectivity index (χ0) is 13.9. The summed E-state index contributed by atoms with van der Waals surface area (Å²) in [6, 6.07) is 7.48. The molecule has 1 fully saturated rings. The number of benzene rings is 1. The van der Waals surface area contributed by atoms with Crippen LogP contribution in [-0.2, 0) is 16.0 Å². The number of carbonyl (C=O) groups is 1. The number of halogens is 1. The fourth-order valence-electron chi connectivity index (χ4n) is 2.16. The highest BCUT2D eigenvalue weighted by atomic mass is 35.5. The normalized spacial score (nSPS) is 19.2. The minimum atomic E-state index is -0.427. The van der Waals surface area contributed by atoms with Crippen molar-refractivity contribution in [2.75, 3.05) is 13.2 Å². The number of ether oxygens (including phenoxy) is 1. The molecule has 1 unspecified atom stereocenters. The Morgan fingerprint density at radius 1 is 1.40 bits per heavy atom. The van der Waals surface area contributed by atoms with Gasteiger partial charge in [-0.05, 0) is 17.7 Å². The molecular formula is C14H13ClN2O3. The van der Waals surface area contributed by atoms with E-state index >= 15 is 0 Å². The highest BCUT2D eigenvalue weighted by molar-refractivity contribution is 6.30. The number of ketones is 1. The topological polar surface area (TPSA) is 65.2 Å². The molecule has 3 rings (SSSR count). The highest BCUT2D eigenvalue weighted by Crippen LogP contribution is 2.21. The van der Waals surface area contributed by atoms with Gasteiger partial charge in [0.25, 0.3) is 0 Å². The Morgan fingerprint density at radius 3 is 3.10 bits per heavy atom. The zero-order valence-electron chi connectivity index (χ0n) is 10.7. The van der Waals surface area contributed by atoms with Gasteiger partial charge in [-0.25, -0.2) is 0 Å². The summed E-state index contributed by atoms with van der Waals surface area (Å²) in [6.45, 7) is 0.788. The SMILES string of the molecule is O=C1CCOCC1c1nc(Cc2cccc(Cl)c2)no1. The van der Waals surface area contributed by atoms with Crippen LogP contribution in [0, 0.1) is 0 Å². The first kappa shape index (κ1) is 13.3. The molecule has 1 aliphatic rings. The zero-order valence-corrected chi connectivity index (χ0v) is 11.5. The fourth-order valence-corrected chi connectivity index (χ4v) is 2.37. The smallest absolute Gasteiger partial charge is 0.239 e. The van der Waals surface area contributed by atoms with Gasteiger partial charge < -0.3 is 9.26 Å². The summed E-state index contributed by atoms with van der Waals surface area (Å²) in [7, 11) is 0. The van der Waals surface area contributed by atoms with Crippen LogP contribution in [0.3, 0.4) is 0 Å². The van der Waals surface area contributed by atoms with E-state index in [-0.39, 0.29) is 5.78 Å². The monoisotopic (exact) mass is 292 g/mol. The van der Waals surface area contributed by atoms with Crippen molar-refractivity contribution in [2.45, 2.75) is 18.8 Å². The number of hydrogen-bond donors (Lipinski definition) is 0. The third-order valence-electron chi connectivity index (χ3n) is 3.20. The molecule has 0 aliphatic carbocycles. The molecule has 0 bridgehead atoms. The van der Waals surface area contributed by atoms with Crippen LogP contribution in [-0.4, -0.2) is 29.1 Å². The summed E-state index contributed by atoms with van der Waals surface area (Å²) in [5.41, 5.74) is 0.996. The molecule has 6 heteroatoms. The van der Waals surface area contributed by atoms with E-state index in [4.69, 9.17) is 20.9 Å². The van der Waals surface area contributed by atoms with Gasteiger partial charge in [-0.2, -0.15) is 4.98 Å². The van der Waals surface area contributed by atoms with E-state index in [0.29, 0.717) is 42.8 Å². The molecule has 2 heterocycles. The summed E-state index contributed by atoms with van der Waals surface area (Å²) in [6.07, 6.45) is 0.919. The molecule has 1 aromatic carbocycles. The number of hydrogen-bond acceptors (Lipinski definition) is 5. The predicted molar refractivity (Wildman–Crippen MR) is 71.7 cm³/mol. The van der Waals surface area contributed by atoms with Crippen molar-refractivity contribution in [3.05, 3.63) is 46.6 Å². The maximum atomic E-state index is 11.8. The summed E-state index contributed by atoms with van der Waals surface area (Å²) in [5.74, 6) is 0.547. The average molecular weight is 293 g/mol. The second-order valence-corrected chi connectivity index (χ2v) is 5.14. The largest absolute Gasteiger partial charge is 0.380 e. The third kappa shape index (κ3) is 2.89. The van der Waals surface area contributed by atoms with Gasteiger partial charge in [-0.15, -0.1) is 0 Å². The standard InChI is InChI=1S/C14H13ClN2O3/c15-10-3-1-2-9(6-10)7-13-16-14(20-17-13)11-8-19-5-4-12(11)18/h1-3,6,11H,4-5,7-8H2. The van der Waals surface area contributed by atoms with Crippen molar-refractivity contribution in [3.8, 4) is 0 Å². The Morgan fingerprint density at radius 2 is 2.30 bits per heavy atom. The summed E-state index contributed by atoms with van der Waals surface area (Å²) < 4.78 is 10.5. The van der Waals surface area contributed by atoms with E-state index in [0.717, 1.165) is 5.56 Å². The Bertz CT molecular complexity index is 626. The van der Waals surface area contributed by atoms with E-state index < -0.39 is 5.92 Å². The van der Waals surface area contributed by atoms with E-state index in [9.17, 15) is 4.79 Å². The number of carbonyl (C=O) groups excluding carboxylic acids is 1. The second-order valence-electron chi connectivity index (χ2n) is 4.70. The predicted octanol–water partition coefficient (Wildman–Crippen LogP) is 2.39. The quantitative estimate of drug-likeness (QED) is 0.869. The molecule has 20 heavy (non-hydrogen) atoms. The van der Waals surface area contributed by atoms with Gasteiger partial charge >= 0.3 is 0 Å². The van der Waals surface area contributed by atoms with E-state index in [1.807, 2.05) is 24.3 Å². The first-order chi connectivity index (χ1) is 9.72. The number of rotatable bonds is 3. The first-order valence-electron chi connectivity index (χ1n) is 6.40. The molecule has 0 amide bonds. The Kier molecular flexibility index (Phi) is 3.80. The van der Waals surface area contributed by atoms with Gasteiger partial charge in [0, 0.05) is 17.9 Å². The van der Waals surface area contributed by atoms with Gasteiger partial charge in [0.1, 0.15) is 11.7 Å². The molecule has 1 aliphatic heterocycles. The van der Waals surface area contributed by atoms with Crippen LogP contribution in [0.1, 0.15) is 29.6 Å². The molecule has 0 radical (unpaired) electrons. The summed E-state index contributed by atoms with van der Waals surface area (Å²) >= 11 is 5.93. The number of Topliss-reactive ketones (excluding diaryl/α,β-unsaturated/α-hetero) is 1. The van der Waals surface area contributed by atoms with Crippen LogP contribution >= 0.6 is 11.6 Å². The average Bonchev–Trinajstić information content (AvgIpc) is 2.87. The van der Waals surface area contributed by atoms with Crippen LogP contribution < -0.4 is 0 Å². The molecule has 2 aromatic rings. The van der Waals surface area contributed by atoms with E-state index in [2.05, 4.69) is 10.1 Å². The molecular weight excluding hydrogens is 280 g/mol. The molecule has 104 valence electrons. The van der Waals surface area contributed by atoms with Crippen LogP contribution in [0.4, 0.5) is 0 Å². The molecule has 5 nitrogen and oxygen atoms in total. The van der Waals surface area contributed by atoms with Crippen molar-refractivity contribution in [1.29, 1.82) is 0 Å². The number of aromatic nitrogens is 2. The van der Waals surface area contributed by atoms with Crippen LogP contribution in [0.15, 0.2) is 28.8 Å². The van der Waals surface area contributed by atoms with Crippen molar-refractivity contribution < 1.29 is 14.1 Å². The van der Waals surface area contributed by atoms with Gasteiger partial charge in [-0.3, -0.25) is 4.79 Å². The van der Waals surface area contributed by atoms with Crippen molar-refractivity contribution >= 4 is 17.4 Å². The maximum absolute atomic E-state index is 11.8. The second kappa shape index (κ2) is 5.73. The van der Waals surface area contributed by atoms with Gasteiger partial charge in [0.05, 0.1) is 13.2 Å². The van der Waals surface area contributed by atoms with Gasteiger partial charge in [0.15, 0.2) is 5.82 Å². The van der Waals surface area contributed by atoms with Gasteiger partial charge in [0.2, 0.25) is 5.89 Å². The third-order valence-corrected chi connectivity index (χ3v) is 3.43. The van der Waals surface area contributed by atoms with Crippen molar-refractivity contribution in [1.82, 2.24) is 10.1 Å². The minimum Gasteiger partial charge on any atom is -0.380 e. The Balaban J connectivity index is 1.75. The van der Waals surface area contributed by atoms with Crippen LogP contribution in [0.25, 0.3) is 0 Å². The fraction of sp³-hybridized carbons (Fsp3) is 0.357. The minimum absolute atomic E-state index is 0.0919.